The highest BCUT2D eigenvalue weighted by molar-refractivity contribution is 6.33. The van der Waals surface area contributed by atoms with E-state index < -0.39 is 17.7 Å². The molecule has 3 aliphatic rings. The zero-order valence-electron chi connectivity index (χ0n) is 27.0. The number of fused-ring (bicyclic) bond motifs is 1. The predicted molar refractivity (Wildman–Crippen MR) is 179 cm³/mol. The molecule has 1 saturated heterocycles. The molecule has 4 N–H and O–H groups in total. The first-order valence-corrected chi connectivity index (χ1v) is 16.3. The molecule has 0 radical (unpaired) electrons. The lowest BCUT2D eigenvalue weighted by atomic mass is 9.95. The van der Waals surface area contributed by atoms with Gasteiger partial charge in [-0.1, -0.05) is 11.6 Å². The Balaban J connectivity index is 0.00000122. The lowest BCUT2D eigenvalue weighted by Crippen LogP contribution is -2.48. The molecular weight excluding hydrogens is 660 g/mol. The minimum atomic E-state index is -0.655. The fourth-order valence-corrected chi connectivity index (χ4v) is 7.04. The highest BCUT2D eigenvalue weighted by atomic mass is 35.5. The minimum Gasteiger partial charge on any atom is -0.483 e. The second kappa shape index (κ2) is 12.9. The maximum Gasteiger partial charge on any atom is 0.319 e. The van der Waals surface area contributed by atoms with Crippen LogP contribution in [0.15, 0.2) is 24.5 Å². The molecule has 0 amide bonds. The summed E-state index contributed by atoms with van der Waals surface area (Å²) in [5.41, 5.74) is 8.83. The van der Waals surface area contributed by atoms with Crippen LogP contribution in [0, 0.1) is 11.6 Å². The van der Waals surface area contributed by atoms with Crippen LogP contribution in [0.5, 0.6) is 11.9 Å². The number of likely N-dealkylation sites (tertiary alicyclic amines) is 1. The molecule has 6 heterocycles. The van der Waals surface area contributed by atoms with E-state index in [2.05, 4.69) is 25.1 Å². The Bertz CT molecular complexity index is 2080. The van der Waals surface area contributed by atoms with Gasteiger partial charge < -0.3 is 25.2 Å². The van der Waals surface area contributed by atoms with Crippen molar-refractivity contribution in [2.45, 2.75) is 57.2 Å². The SMILES string of the molecule is C[C@H](c1cc(F)cnc1N)N1c2nc(OC[C@@H]3CCN3C)nc3c(F)c(-c4c(C5CC5)c(Cl)cc5[nH]ncc45)nc(c23)OC[C@@H]1C.O=CO. The molecule has 13 nitrogen and oxygen atoms in total. The fraction of sp³-hybridized carbons (Fsp3) is 0.394. The zero-order chi connectivity index (χ0) is 34.6. The van der Waals surface area contributed by atoms with Crippen LogP contribution in [0.25, 0.3) is 33.1 Å². The van der Waals surface area contributed by atoms with Crippen LogP contribution >= 0.6 is 11.6 Å². The van der Waals surface area contributed by atoms with Gasteiger partial charge in [0.2, 0.25) is 5.88 Å². The minimum absolute atomic E-state index is 0.00281. The molecule has 0 bridgehead atoms. The third kappa shape index (κ3) is 5.80. The number of rotatable bonds is 7. The van der Waals surface area contributed by atoms with Gasteiger partial charge in [0.05, 0.1) is 30.0 Å². The molecule has 5 aromatic rings. The van der Waals surface area contributed by atoms with Gasteiger partial charge in [-0.15, -0.1) is 0 Å². The summed E-state index contributed by atoms with van der Waals surface area (Å²) in [6, 6.07) is 2.54. The van der Waals surface area contributed by atoms with Gasteiger partial charge in [0.15, 0.2) is 5.82 Å². The van der Waals surface area contributed by atoms with Gasteiger partial charge in [-0.05, 0) is 70.3 Å². The standard InChI is InChI=1S/C32H32ClF2N9O2.CH2O2/c1-14-12-45-31-25-28(26(35)27(39-31)24-20-11-38-42-22(20)9-21(33)23(24)16-4-5-16)40-32(46-13-18-6-7-43(18)3)41-30(25)44(14)15(2)19-8-17(34)10-37-29(19)36;2-1-3/h8-11,14-16,18H,4-7,12-13H2,1-3H3,(H2,36,37)(H,38,42);1H,(H,2,3)/t14-,15+,18-;/m0./s1. The molecule has 3 atom stereocenters. The number of aromatic nitrogens is 6. The van der Waals surface area contributed by atoms with Crippen molar-refractivity contribution in [3.05, 3.63) is 52.3 Å². The molecule has 16 heteroatoms. The number of ether oxygens (including phenoxy) is 2. The second-order valence-corrected chi connectivity index (χ2v) is 13.0. The number of pyridine rings is 2. The van der Waals surface area contributed by atoms with E-state index in [1.807, 2.05) is 31.9 Å². The Morgan fingerprint density at radius 3 is 2.69 bits per heavy atom. The van der Waals surface area contributed by atoms with E-state index in [4.69, 9.17) is 46.7 Å². The summed E-state index contributed by atoms with van der Waals surface area (Å²) >= 11 is 6.81. The van der Waals surface area contributed by atoms with Gasteiger partial charge in [-0.25, -0.2) is 18.7 Å². The maximum absolute atomic E-state index is 17.2. The summed E-state index contributed by atoms with van der Waals surface area (Å²) in [5, 5.41) is 15.6. The van der Waals surface area contributed by atoms with Crippen molar-refractivity contribution in [3.63, 3.8) is 0 Å². The number of hydrogen-bond acceptors (Lipinski definition) is 11. The number of carboxylic acid groups (broad SMARTS) is 1. The smallest absolute Gasteiger partial charge is 0.319 e. The summed E-state index contributed by atoms with van der Waals surface area (Å²) in [4.78, 5) is 30.8. The molecule has 49 heavy (non-hydrogen) atoms. The van der Waals surface area contributed by atoms with Crippen LogP contribution in [-0.4, -0.2) is 85.5 Å². The first-order chi connectivity index (χ1) is 23.6. The predicted octanol–water partition coefficient (Wildman–Crippen LogP) is 5.49. The Morgan fingerprint density at radius 1 is 1.22 bits per heavy atom. The van der Waals surface area contributed by atoms with Gasteiger partial charge >= 0.3 is 6.01 Å². The molecule has 4 aromatic heterocycles. The normalized spacial score (nSPS) is 19.4. The van der Waals surface area contributed by atoms with Crippen molar-refractivity contribution in [1.82, 2.24) is 35.0 Å². The van der Waals surface area contributed by atoms with Crippen molar-refractivity contribution >= 4 is 51.5 Å². The average molecular weight is 694 g/mol. The number of likely N-dealkylation sites (N-methyl/N-ethyl adjacent to an activating group) is 1. The van der Waals surface area contributed by atoms with E-state index in [0.29, 0.717) is 39.5 Å². The van der Waals surface area contributed by atoms with Crippen LogP contribution in [0.2, 0.25) is 5.02 Å². The highest BCUT2D eigenvalue weighted by Gasteiger charge is 2.37. The Morgan fingerprint density at radius 2 is 2.00 bits per heavy atom. The van der Waals surface area contributed by atoms with Gasteiger partial charge in [0, 0.05) is 27.6 Å². The number of nitrogens with zero attached hydrogens (tertiary/aromatic N) is 7. The second-order valence-electron chi connectivity index (χ2n) is 12.6. The highest BCUT2D eigenvalue weighted by Crippen LogP contribution is 2.51. The monoisotopic (exact) mass is 693 g/mol. The van der Waals surface area contributed by atoms with Crippen molar-refractivity contribution in [3.8, 4) is 23.1 Å². The topological polar surface area (TPSA) is 168 Å². The number of hydrogen-bond donors (Lipinski definition) is 3. The van der Waals surface area contributed by atoms with Crippen molar-refractivity contribution < 1.29 is 28.2 Å². The average Bonchev–Trinajstić information content (AvgIpc) is 3.83. The fourth-order valence-electron chi connectivity index (χ4n) is 6.68. The molecule has 2 aliphatic heterocycles. The number of halogens is 3. The van der Waals surface area contributed by atoms with Crippen molar-refractivity contribution in [1.29, 1.82) is 0 Å². The van der Waals surface area contributed by atoms with Gasteiger partial charge in [0.25, 0.3) is 6.47 Å². The van der Waals surface area contributed by atoms with Crippen LogP contribution in [-0.2, 0) is 4.79 Å². The number of aromatic amines is 1. The number of H-pyrrole nitrogens is 1. The van der Waals surface area contributed by atoms with Gasteiger partial charge in [0.1, 0.15) is 47.3 Å². The molecule has 1 saturated carbocycles. The Kier molecular flexibility index (Phi) is 8.57. The number of carbonyl (C=O) groups is 1. The van der Waals surface area contributed by atoms with Crippen molar-refractivity contribution in [2.75, 3.05) is 37.4 Å². The van der Waals surface area contributed by atoms with Gasteiger partial charge in [-0.3, -0.25) is 14.8 Å². The number of nitrogens with one attached hydrogen (secondary N) is 1. The molecular formula is C33H34ClF2N9O4. The van der Waals surface area contributed by atoms with Crippen LogP contribution in [0.4, 0.5) is 20.4 Å². The summed E-state index contributed by atoms with van der Waals surface area (Å²) in [7, 11) is 2.02. The zero-order valence-corrected chi connectivity index (χ0v) is 27.7. The number of nitrogens with two attached hydrogens (primary N) is 1. The first-order valence-electron chi connectivity index (χ1n) is 15.9. The first kappa shape index (κ1) is 32.6. The summed E-state index contributed by atoms with van der Waals surface area (Å²) < 4.78 is 44.0. The molecule has 0 unspecified atom stereocenters. The van der Waals surface area contributed by atoms with Crippen LogP contribution in [0.1, 0.15) is 56.2 Å². The number of benzene rings is 1. The van der Waals surface area contributed by atoms with E-state index >= 15 is 4.39 Å². The summed E-state index contributed by atoms with van der Waals surface area (Å²) in [6.45, 7) is 5.04. The van der Waals surface area contributed by atoms with E-state index in [1.165, 1.54) is 6.07 Å². The lowest BCUT2D eigenvalue weighted by Gasteiger charge is -2.37. The molecule has 1 aliphatic carbocycles. The Labute approximate surface area is 284 Å². The molecule has 1 aromatic carbocycles. The molecule has 0 spiro atoms. The van der Waals surface area contributed by atoms with Crippen molar-refractivity contribution in [2.24, 2.45) is 0 Å². The molecule has 8 rings (SSSR count). The summed E-state index contributed by atoms with van der Waals surface area (Å²) in [5.74, 6) is -0.293. The van der Waals surface area contributed by atoms with Gasteiger partial charge in [-0.2, -0.15) is 15.1 Å². The van der Waals surface area contributed by atoms with E-state index in [0.717, 1.165) is 37.6 Å². The third-order valence-electron chi connectivity index (χ3n) is 9.48. The van der Waals surface area contributed by atoms with E-state index in [-0.39, 0.29) is 65.4 Å². The third-order valence-corrected chi connectivity index (χ3v) is 9.79. The van der Waals surface area contributed by atoms with Crippen LogP contribution in [0.3, 0.4) is 0 Å². The molecule has 2 fully saturated rings. The largest absolute Gasteiger partial charge is 0.483 e. The Hall–Kier alpha value is -4.89. The van der Waals surface area contributed by atoms with Crippen LogP contribution < -0.4 is 20.1 Å². The van der Waals surface area contributed by atoms with E-state index in [9.17, 15) is 4.39 Å². The number of nitrogen functional groups attached to an aromatic ring is 1. The quantitative estimate of drug-likeness (QED) is 0.184. The lowest BCUT2D eigenvalue weighted by molar-refractivity contribution is -0.122. The summed E-state index contributed by atoms with van der Waals surface area (Å²) in [6.07, 6.45) is 5.59. The maximum atomic E-state index is 17.2. The number of anilines is 2. The van der Waals surface area contributed by atoms with E-state index in [1.54, 1.807) is 6.20 Å². The molecule has 256 valence electrons.